The molecule has 0 atom stereocenters. The molecule has 2 N–H and O–H groups in total. The van der Waals surface area contributed by atoms with E-state index >= 15 is 0 Å². The van der Waals surface area contributed by atoms with E-state index in [9.17, 15) is 12.8 Å². The maximum atomic E-state index is 13.4. The highest BCUT2D eigenvalue weighted by atomic mass is 32.2. The summed E-state index contributed by atoms with van der Waals surface area (Å²) in [7, 11) is -2.11. The molecule has 2 aromatic rings. The summed E-state index contributed by atoms with van der Waals surface area (Å²) in [6, 6.07) is 10.3. The Kier molecular flexibility index (Phi) is 4.59. The van der Waals surface area contributed by atoms with Gasteiger partial charge in [0.2, 0.25) is 0 Å². The lowest BCUT2D eigenvalue weighted by Crippen LogP contribution is -2.07. The number of sulfone groups is 1. The average molecular weight is 309 g/mol. The number of nitrogens with two attached hydrogens (primary N) is 1. The van der Waals surface area contributed by atoms with Crippen molar-refractivity contribution in [1.29, 1.82) is 0 Å². The second kappa shape index (κ2) is 6.24. The van der Waals surface area contributed by atoms with Crippen molar-refractivity contribution in [3.63, 3.8) is 0 Å². The van der Waals surface area contributed by atoms with Crippen LogP contribution in [0.15, 0.2) is 47.4 Å². The minimum Gasteiger partial charge on any atom is -0.497 e. The fourth-order valence-electron chi connectivity index (χ4n) is 2.02. The van der Waals surface area contributed by atoms with E-state index in [0.717, 1.165) is 0 Å². The normalized spacial score (nSPS) is 11.4. The zero-order valence-corrected chi connectivity index (χ0v) is 12.4. The molecule has 0 saturated carbocycles. The van der Waals surface area contributed by atoms with Gasteiger partial charge in [0.25, 0.3) is 0 Å². The number of ether oxygens (including phenoxy) is 1. The molecule has 0 aromatic heterocycles. The Bertz CT molecular complexity index is 744. The Labute approximate surface area is 123 Å². The molecule has 0 fully saturated rings. The summed E-state index contributed by atoms with van der Waals surface area (Å²) in [5, 5.41) is 0. The quantitative estimate of drug-likeness (QED) is 0.920. The lowest BCUT2D eigenvalue weighted by atomic mass is 10.1. The SMILES string of the molecule is COc1cccc(S(=O)(=O)Cc2cc(F)cc(CN)c2)c1. The molecule has 4 nitrogen and oxygen atoms in total. The molecule has 0 aliphatic heterocycles. The van der Waals surface area contributed by atoms with Crippen LogP contribution in [0.4, 0.5) is 4.39 Å². The van der Waals surface area contributed by atoms with Gasteiger partial charge in [0.05, 0.1) is 17.8 Å². The molecule has 0 spiro atoms. The topological polar surface area (TPSA) is 69.4 Å². The van der Waals surface area contributed by atoms with Crippen LogP contribution in [-0.4, -0.2) is 15.5 Å². The second-order valence-electron chi connectivity index (χ2n) is 4.61. The van der Waals surface area contributed by atoms with E-state index in [4.69, 9.17) is 10.5 Å². The van der Waals surface area contributed by atoms with Crippen molar-refractivity contribution in [1.82, 2.24) is 0 Å². The molecule has 0 saturated heterocycles. The van der Waals surface area contributed by atoms with Gasteiger partial charge in [0, 0.05) is 6.54 Å². The number of rotatable bonds is 5. The highest BCUT2D eigenvalue weighted by Gasteiger charge is 2.17. The van der Waals surface area contributed by atoms with Gasteiger partial charge in [-0.05, 0) is 41.5 Å². The molecule has 0 aliphatic carbocycles. The van der Waals surface area contributed by atoms with Crippen molar-refractivity contribution in [3.8, 4) is 5.75 Å². The van der Waals surface area contributed by atoms with E-state index in [2.05, 4.69) is 0 Å². The van der Waals surface area contributed by atoms with E-state index in [1.54, 1.807) is 18.2 Å². The molecule has 0 amide bonds. The lowest BCUT2D eigenvalue weighted by Gasteiger charge is -2.08. The largest absolute Gasteiger partial charge is 0.497 e. The maximum absolute atomic E-state index is 13.4. The zero-order valence-electron chi connectivity index (χ0n) is 11.5. The van der Waals surface area contributed by atoms with Crippen molar-refractivity contribution in [3.05, 3.63) is 59.4 Å². The van der Waals surface area contributed by atoms with Crippen LogP contribution in [-0.2, 0) is 22.1 Å². The summed E-state index contributed by atoms with van der Waals surface area (Å²) < 4.78 is 43.2. The molecule has 0 radical (unpaired) electrons. The summed E-state index contributed by atoms with van der Waals surface area (Å²) in [4.78, 5) is 0.139. The summed E-state index contributed by atoms with van der Waals surface area (Å²) in [5.74, 6) is -0.322. The van der Waals surface area contributed by atoms with Crippen LogP contribution in [0.3, 0.4) is 0 Å². The van der Waals surface area contributed by atoms with Crippen molar-refractivity contribution in [2.75, 3.05) is 7.11 Å². The number of benzene rings is 2. The van der Waals surface area contributed by atoms with E-state index in [1.165, 1.54) is 31.4 Å². The Morgan fingerprint density at radius 1 is 1.14 bits per heavy atom. The van der Waals surface area contributed by atoms with Gasteiger partial charge in [-0.25, -0.2) is 12.8 Å². The third-order valence-corrected chi connectivity index (χ3v) is 4.70. The minimum atomic E-state index is -3.58. The van der Waals surface area contributed by atoms with Crippen LogP contribution in [0.1, 0.15) is 11.1 Å². The maximum Gasteiger partial charge on any atom is 0.182 e. The molecule has 0 bridgehead atoms. The smallest absolute Gasteiger partial charge is 0.182 e. The number of methoxy groups -OCH3 is 1. The van der Waals surface area contributed by atoms with Crippen molar-refractivity contribution in [2.45, 2.75) is 17.2 Å². The highest BCUT2D eigenvalue weighted by molar-refractivity contribution is 7.90. The molecule has 2 rings (SSSR count). The van der Waals surface area contributed by atoms with Gasteiger partial charge in [-0.3, -0.25) is 0 Å². The summed E-state index contributed by atoms with van der Waals surface area (Å²) in [6.45, 7) is 0.157. The Hall–Kier alpha value is -1.92. The molecule has 0 heterocycles. The first kappa shape index (κ1) is 15.5. The van der Waals surface area contributed by atoms with Crippen molar-refractivity contribution >= 4 is 9.84 Å². The standard InChI is InChI=1S/C15H16FNO3S/c1-20-14-3-2-4-15(8-14)21(18,19)10-12-5-11(9-17)6-13(16)7-12/h2-8H,9-10,17H2,1H3. The first-order valence-corrected chi connectivity index (χ1v) is 7.95. The molecular weight excluding hydrogens is 293 g/mol. The van der Waals surface area contributed by atoms with Gasteiger partial charge in [0.1, 0.15) is 11.6 Å². The second-order valence-corrected chi connectivity index (χ2v) is 6.60. The van der Waals surface area contributed by atoms with Crippen LogP contribution >= 0.6 is 0 Å². The molecule has 21 heavy (non-hydrogen) atoms. The minimum absolute atomic E-state index is 0.139. The van der Waals surface area contributed by atoms with Gasteiger partial charge in [-0.2, -0.15) is 0 Å². The van der Waals surface area contributed by atoms with Gasteiger partial charge in [-0.1, -0.05) is 12.1 Å². The first-order chi connectivity index (χ1) is 9.94. The first-order valence-electron chi connectivity index (χ1n) is 6.30. The van der Waals surface area contributed by atoms with Crippen LogP contribution in [0.25, 0.3) is 0 Å². The van der Waals surface area contributed by atoms with Crippen molar-refractivity contribution < 1.29 is 17.5 Å². The third kappa shape index (κ3) is 3.80. The van der Waals surface area contributed by atoms with Gasteiger partial charge in [0.15, 0.2) is 9.84 Å². The fourth-order valence-corrected chi connectivity index (χ4v) is 3.37. The summed E-state index contributed by atoms with van der Waals surface area (Å²) in [5.41, 5.74) is 6.40. The monoisotopic (exact) mass is 309 g/mol. The molecule has 0 unspecified atom stereocenters. The Balaban J connectivity index is 2.34. The number of halogens is 1. The van der Waals surface area contributed by atoms with Crippen LogP contribution < -0.4 is 10.5 Å². The summed E-state index contributed by atoms with van der Waals surface area (Å²) in [6.07, 6.45) is 0. The van der Waals surface area contributed by atoms with Crippen LogP contribution in [0.2, 0.25) is 0 Å². The molecule has 6 heteroatoms. The predicted octanol–water partition coefficient (Wildman–Crippen LogP) is 2.27. The zero-order chi connectivity index (χ0) is 15.5. The molecular formula is C15H16FNO3S. The van der Waals surface area contributed by atoms with E-state index in [0.29, 0.717) is 16.9 Å². The van der Waals surface area contributed by atoms with Crippen LogP contribution in [0.5, 0.6) is 5.75 Å². The Morgan fingerprint density at radius 3 is 2.52 bits per heavy atom. The Morgan fingerprint density at radius 2 is 1.86 bits per heavy atom. The van der Waals surface area contributed by atoms with E-state index in [-0.39, 0.29) is 17.2 Å². The predicted molar refractivity (Wildman–Crippen MR) is 78.2 cm³/mol. The van der Waals surface area contributed by atoms with Gasteiger partial charge < -0.3 is 10.5 Å². The summed E-state index contributed by atoms with van der Waals surface area (Å²) >= 11 is 0. The number of hydrogen-bond donors (Lipinski definition) is 1. The van der Waals surface area contributed by atoms with E-state index < -0.39 is 15.7 Å². The number of hydrogen-bond acceptors (Lipinski definition) is 4. The van der Waals surface area contributed by atoms with Gasteiger partial charge in [-0.15, -0.1) is 0 Å². The average Bonchev–Trinajstić information content (AvgIpc) is 2.46. The molecule has 112 valence electrons. The fraction of sp³-hybridized carbons (Fsp3) is 0.200. The molecule has 0 aliphatic rings. The van der Waals surface area contributed by atoms with Crippen molar-refractivity contribution in [2.24, 2.45) is 5.73 Å². The van der Waals surface area contributed by atoms with Gasteiger partial charge >= 0.3 is 0 Å². The van der Waals surface area contributed by atoms with E-state index in [1.807, 2.05) is 0 Å². The lowest BCUT2D eigenvalue weighted by molar-refractivity contribution is 0.413. The highest BCUT2D eigenvalue weighted by Crippen LogP contribution is 2.22. The van der Waals surface area contributed by atoms with Crippen LogP contribution in [0, 0.1) is 5.82 Å². The third-order valence-electron chi connectivity index (χ3n) is 3.01. The molecule has 2 aromatic carbocycles.